The number of tetrazole rings is 1. The summed E-state index contributed by atoms with van der Waals surface area (Å²) in [6.45, 7) is -0.238. The van der Waals surface area contributed by atoms with E-state index in [9.17, 15) is 22.8 Å². The molecule has 0 aliphatic carbocycles. The number of aromatic carboxylic acids is 1. The van der Waals surface area contributed by atoms with Gasteiger partial charge in [0.15, 0.2) is 0 Å². The third-order valence-corrected chi connectivity index (χ3v) is 4.74. The number of hydrogen-bond acceptors (Lipinski definition) is 6. The van der Waals surface area contributed by atoms with Crippen LogP contribution in [0.15, 0.2) is 54.9 Å². The summed E-state index contributed by atoms with van der Waals surface area (Å²) in [5, 5.41) is 25.3. The van der Waals surface area contributed by atoms with Crippen molar-refractivity contribution in [3.05, 3.63) is 71.0 Å². The standard InChI is InChI=1S/C21H18ClF3N6O3/c22-15-4-7-18(31-12-27-29-30-31)14(9-15)3-8-19(32)28-17(10-21(23,24)25)11-26-16-5-1-13(2-6-16)20(33)34/h1-9,12,17,26H,10-11H2,(H,28,32)(H,33,34)/b8-3+. The minimum atomic E-state index is -4.52. The molecule has 0 radical (unpaired) electrons. The molecule has 0 saturated carbocycles. The van der Waals surface area contributed by atoms with Gasteiger partial charge in [-0.15, -0.1) is 5.10 Å². The molecule has 0 aliphatic heterocycles. The van der Waals surface area contributed by atoms with E-state index in [1.54, 1.807) is 18.2 Å². The Bertz CT molecular complexity index is 1170. The zero-order valence-electron chi connectivity index (χ0n) is 17.3. The third-order valence-electron chi connectivity index (χ3n) is 4.51. The number of carbonyl (C=O) groups is 2. The van der Waals surface area contributed by atoms with Crippen LogP contribution in [0.5, 0.6) is 0 Å². The molecule has 0 aliphatic rings. The average Bonchev–Trinajstić information content (AvgIpc) is 3.30. The highest BCUT2D eigenvalue weighted by atomic mass is 35.5. The van der Waals surface area contributed by atoms with Crippen molar-refractivity contribution in [3.8, 4) is 5.69 Å². The van der Waals surface area contributed by atoms with E-state index in [0.717, 1.165) is 6.08 Å². The molecule has 1 amide bonds. The molecule has 3 rings (SSSR count). The predicted molar refractivity (Wildman–Crippen MR) is 118 cm³/mol. The normalized spacial score (nSPS) is 12.5. The van der Waals surface area contributed by atoms with Gasteiger partial charge in [-0.2, -0.15) is 17.9 Å². The fourth-order valence-corrected chi connectivity index (χ4v) is 3.16. The maximum Gasteiger partial charge on any atom is 0.391 e. The first-order valence-electron chi connectivity index (χ1n) is 9.76. The van der Waals surface area contributed by atoms with Gasteiger partial charge in [-0.3, -0.25) is 4.79 Å². The number of aromatic nitrogens is 4. The molecule has 9 nitrogen and oxygen atoms in total. The van der Waals surface area contributed by atoms with Crippen LogP contribution in [0.1, 0.15) is 22.3 Å². The van der Waals surface area contributed by atoms with E-state index in [0.29, 0.717) is 22.0 Å². The van der Waals surface area contributed by atoms with Crippen molar-refractivity contribution < 1.29 is 27.9 Å². The van der Waals surface area contributed by atoms with Gasteiger partial charge in [0, 0.05) is 28.9 Å². The van der Waals surface area contributed by atoms with Gasteiger partial charge in [-0.1, -0.05) is 11.6 Å². The van der Waals surface area contributed by atoms with Crippen LogP contribution in [0.2, 0.25) is 5.02 Å². The predicted octanol–water partition coefficient (Wildman–Crippen LogP) is 3.58. The van der Waals surface area contributed by atoms with Crippen LogP contribution in [-0.2, 0) is 4.79 Å². The molecule has 1 unspecified atom stereocenters. The van der Waals surface area contributed by atoms with Gasteiger partial charge in [0.1, 0.15) is 6.33 Å². The van der Waals surface area contributed by atoms with Crippen LogP contribution < -0.4 is 10.6 Å². The van der Waals surface area contributed by atoms with Gasteiger partial charge in [0.2, 0.25) is 5.91 Å². The van der Waals surface area contributed by atoms with Crippen LogP contribution >= 0.6 is 11.6 Å². The van der Waals surface area contributed by atoms with Gasteiger partial charge in [-0.25, -0.2) is 4.79 Å². The summed E-state index contributed by atoms with van der Waals surface area (Å²) >= 11 is 6.02. The van der Waals surface area contributed by atoms with E-state index >= 15 is 0 Å². The Balaban J connectivity index is 1.69. The van der Waals surface area contributed by atoms with E-state index in [-0.39, 0.29) is 12.1 Å². The summed E-state index contributed by atoms with van der Waals surface area (Å²) in [5.74, 6) is -1.87. The Morgan fingerprint density at radius 2 is 1.91 bits per heavy atom. The highest BCUT2D eigenvalue weighted by Crippen LogP contribution is 2.23. The van der Waals surface area contributed by atoms with E-state index in [1.807, 2.05) is 0 Å². The SMILES string of the molecule is O=C(/C=C/c1cc(Cl)ccc1-n1cnnn1)NC(CNc1ccc(C(=O)O)cc1)CC(F)(F)F. The molecule has 0 fully saturated rings. The lowest BCUT2D eigenvalue weighted by molar-refractivity contribution is -0.140. The third kappa shape index (κ3) is 7.30. The molecule has 1 atom stereocenters. The van der Waals surface area contributed by atoms with E-state index < -0.39 is 30.5 Å². The van der Waals surface area contributed by atoms with Gasteiger partial charge >= 0.3 is 12.1 Å². The number of carboxylic acids is 1. The molecule has 1 heterocycles. The van der Waals surface area contributed by atoms with Crippen molar-refractivity contribution in [2.24, 2.45) is 0 Å². The highest BCUT2D eigenvalue weighted by Gasteiger charge is 2.32. The first kappa shape index (κ1) is 24.7. The number of benzene rings is 2. The van der Waals surface area contributed by atoms with Gasteiger partial charge < -0.3 is 15.7 Å². The second kappa shape index (κ2) is 10.8. The number of rotatable bonds is 9. The van der Waals surface area contributed by atoms with Crippen molar-refractivity contribution >= 4 is 35.2 Å². The Kier molecular flexibility index (Phi) is 7.84. The second-order valence-corrected chi connectivity index (χ2v) is 7.52. The molecule has 13 heteroatoms. The molecule has 34 heavy (non-hydrogen) atoms. The van der Waals surface area contributed by atoms with Crippen LogP contribution in [0, 0.1) is 0 Å². The van der Waals surface area contributed by atoms with Crippen molar-refractivity contribution in [2.75, 3.05) is 11.9 Å². The summed E-state index contributed by atoms with van der Waals surface area (Å²) in [7, 11) is 0. The Morgan fingerprint density at radius 1 is 1.18 bits per heavy atom. The van der Waals surface area contributed by atoms with Crippen LogP contribution in [0.3, 0.4) is 0 Å². The first-order chi connectivity index (χ1) is 16.1. The highest BCUT2D eigenvalue weighted by molar-refractivity contribution is 6.30. The van der Waals surface area contributed by atoms with Gasteiger partial charge in [0.05, 0.1) is 23.7 Å². The minimum absolute atomic E-state index is 0.0397. The molecule has 3 N–H and O–H groups in total. The largest absolute Gasteiger partial charge is 0.478 e. The van der Waals surface area contributed by atoms with Crippen molar-refractivity contribution in [2.45, 2.75) is 18.6 Å². The molecule has 0 saturated heterocycles. The van der Waals surface area contributed by atoms with Crippen molar-refractivity contribution in [1.29, 1.82) is 0 Å². The van der Waals surface area contributed by atoms with E-state index in [2.05, 4.69) is 26.2 Å². The molecular formula is C21H18ClF3N6O3. The summed E-state index contributed by atoms with van der Waals surface area (Å²) < 4.78 is 40.4. The maximum absolute atomic E-state index is 13.0. The first-order valence-corrected chi connectivity index (χ1v) is 10.1. The van der Waals surface area contributed by atoms with E-state index in [4.69, 9.17) is 16.7 Å². The van der Waals surface area contributed by atoms with Crippen molar-refractivity contribution in [3.63, 3.8) is 0 Å². The van der Waals surface area contributed by atoms with Crippen LogP contribution in [0.25, 0.3) is 11.8 Å². The Labute approximate surface area is 196 Å². The van der Waals surface area contributed by atoms with Crippen LogP contribution in [0.4, 0.5) is 18.9 Å². The number of hydrogen-bond donors (Lipinski definition) is 3. The van der Waals surface area contributed by atoms with E-state index in [1.165, 1.54) is 41.4 Å². The number of carbonyl (C=O) groups excluding carboxylic acids is 1. The molecule has 178 valence electrons. The zero-order chi connectivity index (χ0) is 24.7. The topological polar surface area (TPSA) is 122 Å². The van der Waals surface area contributed by atoms with Crippen molar-refractivity contribution in [1.82, 2.24) is 25.5 Å². The molecule has 0 bridgehead atoms. The fraction of sp³-hybridized carbons (Fsp3) is 0.190. The molecule has 1 aromatic heterocycles. The smallest absolute Gasteiger partial charge is 0.391 e. The summed E-state index contributed by atoms with van der Waals surface area (Å²) in [6, 6.07) is 8.99. The minimum Gasteiger partial charge on any atom is -0.478 e. The average molecular weight is 495 g/mol. The van der Waals surface area contributed by atoms with Gasteiger partial charge in [-0.05, 0) is 59.0 Å². The number of nitrogens with one attached hydrogen (secondary N) is 2. The molecular weight excluding hydrogens is 477 g/mol. The lowest BCUT2D eigenvalue weighted by Crippen LogP contribution is -2.42. The van der Waals surface area contributed by atoms with Gasteiger partial charge in [0.25, 0.3) is 0 Å². The maximum atomic E-state index is 13.0. The lowest BCUT2D eigenvalue weighted by Gasteiger charge is -2.20. The Hall–Kier alpha value is -3.93. The summed E-state index contributed by atoms with van der Waals surface area (Å²) in [5.41, 5.74) is 1.43. The molecule has 0 spiro atoms. The number of alkyl halides is 3. The Morgan fingerprint density at radius 3 is 2.53 bits per heavy atom. The number of halogens is 4. The quantitative estimate of drug-likeness (QED) is 0.389. The molecule has 3 aromatic rings. The molecule has 2 aromatic carbocycles. The second-order valence-electron chi connectivity index (χ2n) is 7.08. The lowest BCUT2D eigenvalue weighted by atomic mass is 10.1. The number of amides is 1. The monoisotopic (exact) mass is 494 g/mol. The zero-order valence-corrected chi connectivity index (χ0v) is 18.1. The summed E-state index contributed by atoms with van der Waals surface area (Å²) in [6.07, 6.45) is -1.96. The number of nitrogens with zero attached hydrogens (tertiary/aromatic N) is 4. The number of carboxylic acid groups (broad SMARTS) is 1. The number of anilines is 1. The summed E-state index contributed by atoms with van der Waals surface area (Å²) in [4.78, 5) is 23.3. The van der Waals surface area contributed by atoms with Crippen LogP contribution in [-0.4, -0.2) is 56.0 Å². The fourth-order valence-electron chi connectivity index (χ4n) is 2.98.